The van der Waals surface area contributed by atoms with E-state index in [1.165, 1.54) is 12.0 Å². The van der Waals surface area contributed by atoms with Gasteiger partial charge >= 0.3 is 0 Å². The van der Waals surface area contributed by atoms with Gasteiger partial charge in [-0.15, -0.1) is 0 Å². The molecule has 0 N–H and O–H groups in total. The van der Waals surface area contributed by atoms with E-state index < -0.39 is 0 Å². The van der Waals surface area contributed by atoms with Gasteiger partial charge in [0.05, 0.1) is 0 Å². The van der Waals surface area contributed by atoms with Gasteiger partial charge < -0.3 is 0 Å². The predicted octanol–water partition coefficient (Wildman–Crippen LogP) is 4.16. The van der Waals surface area contributed by atoms with Crippen molar-refractivity contribution < 1.29 is 0 Å². The summed E-state index contributed by atoms with van der Waals surface area (Å²) in [6.07, 6.45) is 1.17. The number of hydrogen-bond donors (Lipinski definition) is 0. The van der Waals surface area contributed by atoms with E-state index in [-0.39, 0.29) is 0 Å². The standard InChI is InChI=1S/C11H15Cl/c1-4-8(2)10-6-5-9(3)11(12)7-10/h5-8H,4H2,1-3H3. The molecule has 0 nitrogen and oxygen atoms in total. The van der Waals surface area contributed by atoms with E-state index in [1.54, 1.807) is 0 Å². The van der Waals surface area contributed by atoms with Crippen molar-refractivity contribution in [2.24, 2.45) is 0 Å². The maximum Gasteiger partial charge on any atom is 0.0438 e. The second-order valence-corrected chi connectivity index (χ2v) is 3.73. The highest BCUT2D eigenvalue weighted by Gasteiger charge is 2.03. The predicted molar refractivity (Wildman–Crippen MR) is 54.9 cm³/mol. The summed E-state index contributed by atoms with van der Waals surface area (Å²) in [5.41, 5.74) is 2.50. The van der Waals surface area contributed by atoms with Crippen LogP contribution in [0, 0.1) is 6.92 Å². The van der Waals surface area contributed by atoms with Crippen molar-refractivity contribution in [3.8, 4) is 0 Å². The minimum Gasteiger partial charge on any atom is -0.0840 e. The Morgan fingerprint density at radius 1 is 1.42 bits per heavy atom. The molecule has 0 aliphatic rings. The third kappa shape index (κ3) is 2.01. The third-order valence-electron chi connectivity index (χ3n) is 2.38. The van der Waals surface area contributed by atoms with Crippen molar-refractivity contribution in [1.29, 1.82) is 0 Å². The van der Waals surface area contributed by atoms with E-state index in [0.29, 0.717) is 5.92 Å². The Bertz CT molecular complexity index is 266. The summed E-state index contributed by atoms with van der Waals surface area (Å²) in [6, 6.07) is 6.32. The van der Waals surface area contributed by atoms with Gasteiger partial charge in [-0.1, -0.05) is 37.6 Å². The van der Waals surface area contributed by atoms with Crippen molar-refractivity contribution in [2.45, 2.75) is 33.1 Å². The molecular formula is C11H15Cl. The number of aryl methyl sites for hydroxylation is 1. The van der Waals surface area contributed by atoms with Gasteiger partial charge in [0.25, 0.3) is 0 Å². The first-order chi connectivity index (χ1) is 5.65. The fourth-order valence-corrected chi connectivity index (χ4v) is 1.34. The molecule has 0 amide bonds. The van der Waals surface area contributed by atoms with Crippen molar-refractivity contribution in [3.63, 3.8) is 0 Å². The average molecular weight is 183 g/mol. The molecule has 12 heavy (non-hydrogen) atoms. The highest BCUT2D eigenvalue weighted by molar-refractivity contribution is 6.31. The van der Waals surface area contributed by atoms with Crippen LogP contribution in [0.2, 0.25) is 5.02 Å². The van der Waals surface area contributed by atoms with Crippen LogP contribution in [0.3, 0.4) is 0 Å². The summed E-state index contributed by atoms with van der Waals surface area (Å²) in [5.74, 6) is 0.614. The van der Waals surface area contributed by atoms with Crippen LogP contribution in [-0.4, -0.2) is 0 Å². The molecule has 0 spiro atoms. The van der Waals surface area contributed by atoms with Crippen LogP contribution in [-0.2, 0) is 0 Å². The van der Waals surface area contributed by atoms with Crippen molar-refractivity contribution >= 4 is 11.6 Å². The maximum absolute atomic E-state index is 6.01. The van der Waals surface area contributed by atoms with Gasteiger partial charge in [-0.05, 0) is 36.5 Å². The SMILES string of the molecule is CCC(C)c1ccc(C)c(Cl)c1. The molecule has 1 heteroatoms. The van der Waals surface area contributed by atoms with Crippen molar-refractivity contribution in [1.82, 2.24) is 0 Å². The summed E-state index contributed by atoms with van der Waals surface area (Å²) >= 11 is 6.01. The average Bonchev–Trinajstić information content (AvgIpc) is 2.08. The second kappa shape index (κ2) is 3.95. The molecule has 1 aromatic carbocycles. The summed E-state index contributed by atoms with van der Waals surface area (Å²) in [4.78, 5) is 0. The molecular weight excluding hydrogens is 168 g/mol. The van der Waals surface area contributed by atoms with E-state index >= 15 is 0 Å². The molecule has 0 radical (unpaired) electrons. The normalized spacial score (nSPS) is 13.0. The van der Waals surface area contributed by atoms with Crippen LogP contribution >= 0.6 is 11.6 Å². The van der Waals surface area contributed by atoms with E-state index in [0.717, 1.165) is 10.6 Å². The topological polar surface area (TPSA) is 0 Å². The molecule has 0 fully saturated rings. The zero-order chi connectivity index (χ0) is 9.14. The van der Waals surface area contributed by atoms with E-state index in [4.69, 9.17) is 11.6 Å². The summed E-state index contributed by atoms with van der Waals surface area (Å²) in [6.45, 7) is 6.45. The molecule has 0 heterocycles. The van der Waals surface area contributed by atoms with Gasteiger partial charge in [-0.2, -0.15) is 0 Å². The Kier molecular flexibility index (Phi) is 3.16. The van der Waals surface area contributed by atoms with Gasteiger partial charge in [0, 0.05) is 5.02 Å². The number of halogens is 1. The monoisotopic (exact) mass is 182 g/mol. The smallest absolute Gasteiger partial charge is 0.0438 e. The molecule has 0 bridgehead atoms. The minimum absolute atomic E-state index is 0.614. The van der Waals surface area contributed by atoms with Gasteiger partial charge in [0.15, 0.2) is 0 Å². The first-order valence-corrected chi connectivity index (χ1v) is 4.79. The molecule has 66 valence electrons. The van der Waals surface area contributed by atoms with Crippen molar-refractivity contribution in [2.75, 3.05) is 0 Å². The van der Waals surface area contributed by atoms with Gasteiger partial charge in [-0.25, -0.2) is 0 Å². The Morgan fingerprint density at radius 2 is 2.08 bits per heavy atom. The van der Waals surface area contributed by atoms with E-state index in [9.17, 15) is 0 Å². The first-order valence-electron chi connectivity index (χ1n) is 4.41. The van der Waals surface area contributed by atoms with Crippen LogP contribution in [0.25, 0.3) is 0 Å². The van der Waals surface area contributed by atoms with Gasteiger partial charge in [0.2, 0.25) is 0 Å². The fourth-order valence-electron chi connectivity index (χ4n) is 1.15. The highest BCUT2D eigenvalue weighted by atomic mass is 35.5. The number of hydrogen-bond acceptors (Lipinski definition) is 0. The number of benzene rings is 1. The molecule has 0 saturated heterocycles. The fraction of sp³-hybridized carbons (Fsp3) is 0.455. The van der Waals surface area contributed by atoms with Gasteiger partial charge in [0.1, 0.15) is 0 Å². The van der Waals surface area contributed by atoms with Crippen LogP contribution in [0.15, 0.2) is 18.2 Å². The summed E-state index contributed by atoms with van der Waals surface area (Å²) < 4.78 is 0. The molecule has 0 aromatic heterocycles. The van der Waals surface area contributed by atoms with Crippen LogP contribution in [0.4, 0.5) is 0 Å². The lowest BCUT2D eigenvalue weighted by Crippen LogP contribution is -1.91. The zero-order valence-corrected chi connectivity index (χ0v) is 8.65. The lowest BCUT2D eigenvalue weighted by atomic mass is 9.98. The minimum atomic E-state index is 0.614. The first kappa shape index (κ1) is 9.60. The van der Waals surface area contributed by atoms with Crippen LogP contribution in [0.1, 0.15) is 37.3 Å². The number of rotatable bonds is 2. The van der Waals surface area contributed by atoms with Crippen molar-refractivity contribution in [3.05, 3.63) is 34.3 Å². The highest BCUT2D eigenvalue weighted by Crippen LogP contribution is 2.23. The third-order valence-corrected chi connectivity index (χ3v) is 2.78. The summed E-state index contributed by atoms with van der Waals surface area (Å²) in [5, 5.41) is 0.882. The molecule has 0 saturated carbocycles. The molecule has 1 aromatic rings. The Balaban J connectivity index is 2.96. The largest absolute Gasteiger partial charge is 0.0840 e. The van der Waals surface area contributed by atoms with Gasteiger partial charge in [-0.3, -0.25) is 0 Å². The molecule has 1 atom stereocenters. The zero-order valence-electron chi connectivity index (χ0n) is 7.89. The van der Waals surface area contributed by atoms with E-state index in [1.807, 2.05) is 6.92 Å². The lowest BCUT2D eigenvalue weighted by Gasteiger charge is -2.09. The Morgan fingerprint density at radius 3 is 2.58 bits per heavy atom. The molecule has 0 aliphatic carbocycles. The van der Waals surface area contributed by atoms with Crippen LogP contribution in [0.5, 0.6) is 0 Å². The van der Waals surface area contributed by atoms with Crippen LogP contribution < -0.4 is 0 Å². The Hall–Kier alpha value is -0.490. The second-order valence-electron chi connectivity index (χ2n) is 3.32. The summed E-state index contributed by atoms with van der Waals surface area (Å²) in [7, 11) is 0. The molecule has 1 rings (SSSR count). The maximum atomic E-state index is 6.01. The Labute approximate surface area is 79.6 Å². The molecule has 0 aliphatic heterocycles. The lowest BCUT2D eigenvalue weighted by molar-refractivity contribution is 0.733. The quantitative estimate of drug-likeness (QED) is 0.644. The molecule has 1 unspecified atom stereocenters. The van der Waals surface area contributed by atoms with E-state index in [2.05, 4.69) is 32.0 Å².